The SMILES string of the molecule is Cc1ccc2c(c1)-c1cc(C)ccc1OC2. The molecular formula is C15H14O. The van der Waals surface area contributed by atoms with Crippen LogP contribution in [0.15, 0.2) is 36.4 Å². The van der Waals surface area contributed by atoms with E-state index < -0.39 is 0 Å². The Morgan fingerprint density at radius 2 is 1.56 bits per heavy atom. The number of aryl methyl sites for hydroxylation is 2. The minimum Gasteiger partial charge on any atom is -0.488 e. The molecule has 0 aliphatic carbocycles. The molecule has 2 aromatic rings. The van der Waals surface area contributed by atoms with Crippen LogP contribution in [-0.2, 0) is 6.61 Å². The molecule has 0 fully saturated rings. The van der Waals surface area contributed by atoms with Gasteiger partial charge in [-0.2, -0.15) is 0 Å². The van der Waals surface area contributed by atoms with Crippen molar-refractivity contribution in [2.24, 2.45) is 0 Å². The van der Waals surface area contributed by atoms with E-state index in [2.05, 4.69) is 50.2 Å². The van der Waals surface area contributed by atoms with Crippen molar-refractivity contribution in [3.05, 3.63) is 53.1 Å². The molecule has 3 rings (SSSR count). The topological polar surface area (TPSA) is 9.23 Å². The van der Waals surface area contributed by atoms with Crippen molar-refractivity contribution in [3.8, 4) is 16.9 Å². The summed E-state index contributed by atoms with van der Waals surface area (Å²) in [7, 11) is 0. The van der Waals surface area contributed by atoms with Gasteiger partial charge in [0.1, 0.15) is 12.4 Å². The summed E-state index contributed by atoms with van der Waals surface area (Å²) in [5.74, 6) is 1.00. The zero-order chi connectivity index (χ0) is 11.1. The van der Waals surface area contributed by atoms with Gasteiger partial charge >= 0.3 is 0 Å². The minimum atomic E-state index is 0.686. The molecule has 16 heavy (non-hydrogen) atoms. The Labute approximate surface area is 95.7 Å². The lowest BCUT2D eigenvalue weighted by atomic mass is 9.94. The van der Waals surface area contributed by atoms with Crippen molar-refractivity contribution >= 4 is 0 Å². The average molecular weight is 210 g/mol. The molecule has 2 aromatic carbocycles. The van der Waals surface area contributed by atoms with E-state index in [0.29, 0.717) is 6.61 Å². The predicted molar refractivity (Wildman–Crippen MR) is 65.7 cm³/mol. The molecule has 0 radical (unpaired) electrons. The van der Waals surface area contributed by atoms with Crippen molar-refractivity contribution in [1.29, 1.82) is 0 Å². The molecule has 80 valence electrons. The summed E-state index contributed by atoms with van der Waals surface area (Å²) in [6, 6.07) is 12.9. The Balaban J connectivity index is 2.28. The molecule has 1 aliphatic heterocycles. The van der Waals surface area contributed by atoms with Crippen LogP contribution in [0, 0.1) is 13.8 Å². The van der Waals surface area contributed by atoms with Crippen molar-refractivity contribution in [1.82, 2.24) is 0 Å². The Morgan fingerprint density at radius 3 is 2.38 bits per heavy atom. The zero-order valence-electron chi connectivity index (χ0n) is 9.58. The van der Waals surface area contributed by atoms with Gasteiger partial charge in [0.2, 0.25) is 0 Å². The van der Waals surface area contributed by atoms with E-state index >= 15 is 0 Å². The van der Waals surface area contributed by atoms with Crippen molar-refractivity contribution in [2.45, 2.75) is 20.5 Å². The van der Waals surface area contributed by atoms with Gasteiger partial charge in [-0.1, -0.05) is 35.4 Å². The lowest BCUT2D eigenvalue weighted by Gasteiger charge is -2.21. The molecule has 0 amide bonds. The summed E-state index contributed by atoms with van der Waals surface area (Å²) in [6.07, 6.45) is 0. The van der Waals surface area contributed by atoms with Gasteiger partial charge in [0.05, 0.1) is 0 Å². The average Bonchev–Trinajstić information content (AvgIpc) is 2.29. The summed E-state index contributed by atoms with van der Waals surface area (Å²) in [4.78, 5) is 0. The molecule has 0 saturated heterocycles. The molecule has 1 aliphatic rings. The van der Waals surface area contributed by atoms with Crippen LogP contribution >= 0.6 is 0 Å². The molecule has 0 saturated carbocycles. The number of rotatable bonds is 0. The van der Waals surface area contributed by atoms with E-state index in [1.54, 1.807) is 0 Å². The number of fused-ring (bicyclic) bond motifs is 3. The van der Waals surface area contributed by atoms with Gasteiger partial charge < -0.3 is 4.74 Å². The number of benzene rings is 2. The smallest absolute Gasteiger partial charge is 0.127 e. The normalized spacial score (nSPS) is 12.6. The summed E-state index contributed by atoms with van der Waals surface area (Å²) < 4.78 is 5.74. The maximum Gasteiger partial charge on any atom is 0.127 e. The molecule has 0 unspecified atom stereocenters. The summed E-state index contributed by atoms with van der Waals surface area (Å²) in [5.41, 5.74) is 6.41. The van der Waals surface area contributed by atoms with Crippen LogP contribution in [0.4, 0.5) is 0 Å². The van der Waals surface area contributed by atoms with E-state index in [1.807, 2.05) is 0 Å². The first-order valence-corrected chi connectivity index (χ1v) is 5.57. The zero-order valence-corrected chi connectivity index (χ0v) is 9.58. The minimum absolute atomic E-state index is 0.686. The summed E-state index contributed by atoms with van der Waals surface area (Å²) in [5, 5.41) is 0. The van der Waals surface area contributed by atoms with E-state index in [4.69, 9.17) is 4.74 Å². The van der Waals surface area contributed by atoms with Crippen LogP contribution < -0.4 is 4.74 Å². The molecule has 0 bridgehead atoms. The molecule has 1 nitrogen and oxygen atoms in total. The summed E-state index contributed by atoms with van der Waals surface area (Å²) >= 11 is 0. The number of ether oxygens (including phenoxy) is 1. The largest absolute Gasteiger partial charge is 0.488 e. The second-order valence-electron chi connectivity index (χ2n) is 4.45. The van der Waals surface area contributed by atoms with Gasteiger partial charge in [0.25, 0.3) is 0 Å². The first-order valence-electron chi connectivity index (χ1n) is 5.57. The number of hydrogen-bond donors (Lipinski definition) is 0. The molecule has 0 aromatic heterocycles. The fraction of sp³-hybridized carbons (Fsp3) is 0.200. The van der Waals surface area contributed by atoms with Gasteiger partial charge in [-0.25, -0.2) is 0 Å². The monoisotopic (exact) mass is 210 g/mol. The fourth-order valence-electron chi connectivity index (χ4n) is 2.20. The van der Waals surface area contributed by atoms with Crippen LogP contribution in [0.5, 0.6) is 5.75 Å². The number of hydrogen-bond acceptors (Lipinski definition) is 1. The maximum absolute atomic E-state index is 5.74. The lowest BCUT2D eigenvalue weighted by molar-refractivity contribution is 0.302. The molecular weight excluding hydrogens is 196 g/mol. The highest BCUT2D eigenvalue weighted by atomic mass is 16.5. The van der Waals surface area contributed by atoms with Crippen molar-refractivity contribution < 1.29 is 4.74 Å². The standard InChI is InChI=1S/C15H14O/c1-10-3-5-12-9-16-15-6-4-11(2)8-14(15)13(12)7-10/h3-8H,9H2,1-2H3. The first-order chi connectivity index (χ1) is 7.74. The van der Waals surface area contributed by atoms with Gasteiger partial charge in [-0.05, 0) is 37.1 Å². The highest BCUT2D eigenvalue weighted by Crippen LogP contribution is 2.38. The van der Waals surface area contributed by atoms with Crippen LogP contribution in [0.3, 0.4) is 0 Å². The van der Waals surface area contributed by atoms with E-state index in [9.17, 15) is 0 Å². The predicted octanol–water partition coefficient (Wildman–Crippen LogP) is 3.86. The molecule has 1 heteroatoms. The van der Waals surface area contributed by atoms with Gasteiger partial charge in [-0.3, -0.25) is 0 Å². The summed E-state index contributed by atoms with van der Waals surface area (Å²) in [6.45, 7) is 4.93. The Bertz CT molecular complexity index is 504. The third kappa shape index (κ3) is 1.40. The Hall–Kier alpha value is -1.76. The van der Waals surface area contributed by atoms with Crippen molar-refractivity contribution in [2.75, 3.05) is 0 Å². The molecule has 1 heterocycles. The first kappa shape index (κ1) is 9.46. The highest BCUT2D eigenvalue weighted by Gasteiger charge is 2.16. The molecule has 0 spiro atoms. The maximum atomic E-state index is 5.74. The Morgan fingerprint density at radius 1 is 0.875 bits per heavy atom. The van der Waals surface area contributed by atoms with Crippen LogP contribution in [0.25, 0.3) is 11.1 Å². The highest BCUT2D eigenvalue weighted by molar-refractivity contribution is 5.76. The van der Waals surface area contributed by atoms with E-state index in [1.165, 1.54) is 27.8 Å². The third-order valence-electron chi connectivity index (χ3n) is 3.07. The van der Waals surface area contributed by atoms with Gasteiger partial charge in [0, 0.05) is 5.56 Å². The van der Waals surface area contributed by atoms with E-state index in [-0.39, 0.29) is 0 Å². The quantitative estimate of drug-likeness (QED) is 0.641. The van der Waals surface area contributed by atoms with E-state index in [0.717, 1.165) is 5.75 Å². The fourth-order valence-corrected chi connectivity index (χ4v) is 2.20. The molecule has 0 N–H and O–H groups in total. The lowest BCUT2D eigenvalue weighted by Crippen LogP contribution is -2.05. The van der Waals surface area contributed by atoms with Crippen LogP contribution in [0.1, 0.15) is 16.7 Å². The molecule has 0 atom stereocenters. The van der Waals surface area contributed by atoms with Crippen LogP contribution in [0.2, 0.25) is 0 Å². The second kappa shape index (κ2) is 3.38. The Kier molecular flexibility index (Phi) is 2.00. The van der Waals surface area contributed by atoms with Crippen LogP contribution in [-0.4, -0.2) is 0 Å². The van der Waals surface area contributed by atoms with Gasteiger partial charge in [-0.15, -0.1) is 0 Å². The third-order valence-corrected chi connectivity index (χ3v) is 3.07. The van der Waals surface area contributed by atoms with Gasteiger partial charge in [0.15, 0.2) is 0 Å². The van der Waals surface area contributed by atoms with Crippen molar-refractivity contribution in [3.63, 3.8) is 0 Å². The second-order valence-corrected chi connectivity index (χ2v) is 4.45.